The number of hydrogen-bond acceptors (Lipinski definition) is 9. The molecule has 0 saturated heterocycles. The fourth-order valence-corrected chi connectivity index (χ4v) is 3.35. The van der Waals surface area contributed by atoms with Crippen molar-refractivity contribution < 1.29 is 44.1 Å². The molecule has 1 aromatic rings. The second kappa shape index (κ2) is 16.1. The molecule has 4 atom stereocenters. The van der Waals surface area contributed by atoms with Gasteiger partial charge in [-0.2, -0.15) is 0 Å². The van der Waals surface area contributed by atoms with Crippen LogP contribution in [0.2, 0.25) is 0 Å². The van der Waals surface area contributed by atoms with Gasteiger partial charge in [0, 0.05) is 13.0 Å². The topological polar surface area (TPSA) is 316 Å². The van der Waals surface area contributed by atoms with Gasteiger partial charge in [-0.25, -0.2) is 4.79 Å². The first-order chi connectivity index (χ1) is 18.7. The van der Waals surface area contributed by atoms with Crippen molar-refractivity contribution in [3.05, 3.63) is 29.8 Å². The zero-order valence-electron chi connectivity index (χ0n) is 21.4. The third-order valence-corrected chi connectivity index (χ3v) is 5.34. The number of hydrogen-bond donors (Lipinski definition) is 10. The number of aliphatic imine (C=N–C) groups is 1. The number of guanidine groups is 1. The Morgan fingerprint density at radius 1 is 0.800 bits per heavy atom. The van der Waals surface area contributed by atoms with Gasteiger partial charge in [-0.1, -0.05) is 12.1 Å². The summed E-state index contributed by atoms with van der Waals surface area (Å²) in [5, 5.41) is 35.0. The molecule has 4 unspecified atom stereocenters. The maximum atomic E-state index is 13.1. The minimum absolute atomic E-state index is 0.0623. The van der Waals surface area contributed by atoms with Gasteiger partial charge in [-0.15, -0.1) is 0 Å². The fraction of sp³-hybridized carbons (Fsp3) is 0.435. The smallest absolute Gasteiger partial charge is 0.326 e. The molecule has 0 bridgehead atoms. The summed E-state index contributed by atoms with van der Waals surface area (Å²) in [5.74, 6) is -7.07. The lowest BCUT2D eigenvalue weighted by Gasteiger charge is -2.24. The second-order valence-electron chi connectivity index (χ2n) is 8.72. The van der Waals surface area contributed by atoms with E-state index in [4.69, 9.17) is 22.9 Å². The maximum absolute atomic E-state index is 13.1. The Kier molecular flexibility index (Phi) is 13.3. The van der Waals surface area contributed by atoms with Crippen molar-refractivity contribution >= 4 is 41.5 Å². The number of carboxylic acid groups (broad SMARTS) is 2. The van der Waals surface area contributed by atoms with Crippen LogP contribution in [-0.4, -0.2) is 87.6 Å². The van der Waals surface area contributed by atoms with Crippen LogP contribution in [0.1, 0.15) is 31.2 Å². The van der Waals surface area contributed by atoms with Gasteiger partial charge in [0.25, 0.3) is 0 Å². The van der Waals surface area contributed by atoms with Crippen molar-refractivity contribution in [1.82, 2.24) is 16.0 Å². The largest absolute Gasteiger partial charge is 0.508 e. The maximum Gasteiger partial charge on any atom is 0.326 e. The molecule has 0 fully saturated rings. The van der Waals surface area contributed by atoms with Crippen LogP contribution in [-0.2, 0) is 35.2 Å². The van der Waals surface area contributed by atoms with E-state index >= 15 is 0 Å². The number of carboxylic acids is 2. The van der Waals surface area contributed by atoms with E-state index in [0.29, 0.717) is 5.56 Å². The molecule has 0 aromatic heterocycles. The predicted molar refractivity (Wildman–Crippen MR) is 139 cm³/mol. The van der Waals surface area contributed by atoms with Crippen LogP contribution in [0.25, 0.3) is 0 Å². The molecule has 0 heterocycles. The standard InChI is InChI=1S/C23H34N8O9/c24-13(9-17(25)33)19(36)30-16(10-18(34)35)21(38)31-15(8-11-3-5-12(32)6-4-11)20(37)29-14(22(39)40)2-1-7-28-23(26)27/h3-6,13-16,32H,1-2,7-10,24H2,(H2,25,33)(H,29,37)(H,30,36)(H,31,38)(H,34,35)(H,39,40)(H4,26,27,28). The SMILES string of the molecule is NC(=O)CC(N)C(=O)NC(CC(=O)O)C(=O)NC(Cc1ccc(O)cc1)C(=O)NC(CCCN=C(N)N)C(=O)O. The van der Waals surface area contributed by atoms with Crippen LogP contribution in [0, 0.1) is 0 Å². The molecule has 220 valence electrons. The lowest BCUT2D eigenvalue weighted by molar-refractivity contribution is -0.143. The summed E-state index contributed by atoms with van der Waals surface area (Å²) in [6, 6.07) is -0.462. The lowest BCUT2D eigenvalue weighted by atomic mass is 10.0. The van der Waals surface area contributed by atoms with E-state index in [1.807, 2.05) is 0 Å². The highest BCUT2D eigenvalue weighted by molar-refractivity contribution is 5.96. The van der Waals surface area contributed by atoms with Crippen LogP contribution in [0.4, 0.5) is 0 Å². The van der Waals surface area contributed by atoms with Gasteiger partial charge in [-0.05, 0) is 30.5 Å². The van der Waals surface area contributed by atoms with E-state index in [-0.39, 0.29) is 37.5 Å². The molecule has 40 heavy (non-hydrogen) atoms. The zero-order valence-corrected chi connectivity index (χ0v) is 21.4. The number of phenolic OH excluding ortho intramolecular Hbond substituents is 1. The molecule has 14 N–H and O–H groups in total. The van der Waals surface area contributed by atoms with Gasteiger partial charge in [-0.3, -0.25) is 29.0 Å². The molecular weight excluding hydrogens is 532 g/mol. The third kappa shape index (κ3) is 12.5. The minimum Gasteiger partial charge on any atom is -0.508 e. The van der Waals surface area contributed by atoms with Crippen LogP contribution < -0.4 is 38.9 Å². The van der Waals surface area contributed by atoms with E-state index < -0.39 is 72.6 Å². The number of nitrogens with two attached hydrogens (primary N) is 4. The van der Waals surface area contributed by atoms with E-state index in [0.717, 1.165) is 0 Å². The molecule has 0 aliphatic heterocycles. The van der Waals surface area contributed by atoms with Gasteiger partial charge in [0.2, 0.25) is 23.6 Å². The van der Waals surface area contributed by atoms with Gasteiger partial charge < -0.3 is 54.2 Å². The van der Waals surface area contributed by atoms with Gasteiger partial charge in [0.05, 0.1) is 18.9 Å². The molecule has 17 heteroatoms. The summed E-state index contributed by atoms with van der Waals surface area (Å²) < 4.78 is 0. The first kappa shape index (κ1) is 33.1. The van der Waals surface area contributed by atoms with Crippen molar-refractivity contribution in [3.8, 4) is 5.75 Å². The summed E-state index contributed by atoms with van der Waals surface area (Å²) in [5.41, 5.74) is 21.5. The number of aromatic hydroxyl groups is 1. The average molecular weight is 567 g/mol. The molecule has 17 nitrogen and oxygen atoms in total. The highest BCUT2D eigenvalue weighted by Crippen LogP contribution is 2.12. The number of nitrogens with one attached hydrogen (secondary N) is 3. The number of rotatable bonds is 17. The number of nitrogens with zero attached hydrogens (tertiary/aromatic N) is 1. The summed E-state index contributed by atoms with van der Waals surface area (Å²) in [6.45, 7) is 0.101. The van der Waals surface area contributed by atoms with Gasteiger partial charge >= 0.3 is 11.9 Å². The van der Waals surface area contributed by atoms with Crippen molar-refractivity contribution in [2.24, 2.45) is 27.9 Å². The highest BCUT2D eigenvalue weighted by Gasteiger charge is 2.31. The molecule has 0 spiro atoms. The van der Waals surface area contributed by atoms with Crippen molar-refractivity contribution in [1.29, 1.82) is 0 Å². The van der Waals surface area contributed by atoms with Crippen LogP contribution >= 0.6 is 0 Å². The van der Waals surface area contributed by atoms with Crippen molar-refractivity contribution in [2.45, 2.75) is 56.3 Å². The Morgan fingerprint density at radius 2 is 1.35 bits per heavy atom. The summed E-state index contributed by atoms with van der Waals surface area (Å²) in [6.07, 6.45) is -1.54. The summed E-state index contributed by atoms with van der Waals surface area (Å²) >= 11 is 0. The quantitative estimate of drug-likeness (QED) is 0.0493. The predicted octanol–water partition coefficient (Wildman–Crippen LogP) is -3.80. The number of amides is 4. The molecule has 0 aliphatic carbocycles. The van der Waals surface area contributed by atoms with E-state index in [1.165, 1.54) is 24.3 Å². The van der Waals surface area contributed by atoms with Crippen molar-refractivity contribution in [2.75, 3.05) is 6.54 Å². The first-order valence-corrected chi connectivity index (χ1v) is 11.9. The van der Waals surface area contributed by atoms with Gasteiger partial charge in [0.1, 0.15) is 23.9 Å². The number of primary amides is 1. The molecule has 4 amide bonds. The average Bonchev–Trinajstić information content (AvgIpc) is 2.85. The Morgan fingerprint density at radius 3 is 1.88 bits per heavy atom. The lowest BCUT2D eigenvalue weighted by Crippen LogP contribution is -2.58. The molecule has 0 aliphatic rings. The normalized spacial score (nSPS) is 13.5. The van der Waals surface area contributed by atoms with Crippen LogP contribution in [0.5, 0.6) is 5.75 Å². The minimum atomic E-state index is -1.71. The Hall–Kier alpha value is -4.93. The summed E-state index contributed by atoms with van der Waals surface area (Å²) in [7, 11) is 0. The van der Waals surface area contributed by atoms with Crippen LogP contribution in [0.15, 0.2) is 29.3 Å². The molecular formula is C23H34N8O9. The number of phenols is 1. The zero-order chi connectivity index (χ0) is 30.4. The Bertz CT molecular complexity index is 1110. The monoisotopic (exact) mass is 566 g/mol. The number of carbonyl (C=O) groups excluding carboxylic acids is 4. The van der Waals surface area contributed by atoms with E-state index in [1.54, 1.807) is 0 Å². The third-order valence-electron chi connectivity index (χ3n) is 5.34. The highest BCUT2D eigenvalue weighted by atomic mass is 16.4. The molecule has 1 aromatic carbocycles. The molecule has 0 saturated carbocycles. The van der Waals surface area contributed by atoms with E-state index in [2.05, 4.69) is 20.9 Å². The first-order valence-electron chi connectivity index (χ1n) is 11.9. The number of carbonyl (C=O) groups is 6. The van der Waals surface area contributed by atoms with E-state index in [9.17, 15) is 44.1 Å². The molecule has 1 rings (SSSR count). The fourth-order valence-electron chi connectivity index (χ4n) is 3.35. The Labute approximate surface area is 228 Å². The number of aliphatic carboxylic acids is 2. The Balaban J connectivity index is 3.15. The second-order valence-corrected chi connectivity index (χ2v) is 8.72. The molecule has 0 radical (unpaired) electrons. The number of benzene rings is 1. The van der Waals surface area contributed by atoms with Crippen molar-refractivity contribution in [3.63, 3.8) is 0 Å². The summed E-state index contributed by atoms with van der Waals surface area (Å²) in [4.78, 5) is 76.3. The van der Waals surface area contributed by atoms with Gasteiger partial charge in [0.15, 0.2) is 5.96 Å². The van der Waals surface area contributed by atoms with Crippen LogP contribution in [0.3, 0.4) is 0 Å².